The first-order valence-electron chi connectivity index (χ1n) is 8.18. The normalized spacial score (nSPS) is 9.86. The quantitative estimate of drug-likeness (QED) is 0.203. The molecule has 2 rings (SSSR count). The van der Waals surface area contributed by atoms with Crippen LogP contribution in [0.25, 0.3) is 0 Å². The van der Waals surface area contributed by atoms with E-state index in [4.69, 9.17) is 50.6 Å². The Balaban J connectivity index is 2.08. The number of rotatable bonds is 3. The predicted molar refractivity (Wildman–Crippen MR) is 117 cm³/mol. The molecule has 29 heavy (non-hydrogen) atoms. The van der Waals surface area contributed by atoms with Crippen LogP contribution in [0.5, 0.6) is 0 Å². The summed E-state index contributed by atoms with van der Waals surface area (Å²) in [6, 6.07) is 14.1. The fourth-order valence-electron chi connectivity index (χ4n) is 2.20. The first kappa shape index (κ1) is 21.8. The minimum Gasteiger partial charge on any atom is -0.370 e. The SMILES string of the molecule is N=C(N)NC(=N)NNC(=N)NC(=N)N(Cc1ccc(Cl)cc1)c1ccc(Cl)cc1. The van der Waals surface area contributed by atoms with E-state index in [1.54, 1.807) is 41.3 Å². The molecular weight excluding hydrogens is 415 g/mol. The summed E-state index contributed by atoms with van der Waals surface area (Å²) in [6.07, 6.45) is 0. The van der Waals surface area contributed by atoms with Gasteiger partial charge in [0.05, 0.1) is 6.54 Å². The minimum absolute atomic E-state index is 0.0902. The van der Waals surface area contributed by atoms with Gasteiger partial charge in [0.15, 0.2) is 5.96 Å². The van der Waals surface area contributed by atoms with E-state index in [0.717, 1.165) is 5.56 Å². The van der Waals surface area contributed by atoms with Crippen molar-refractivity contribution in [1.82, 2.24) is 21.5 Å². The Hall–Kier alpha value is -3.50. The molecule has 0 spiro atoms. The number of guanidine groups is 4. The molecule has 0 amide bonds. The number of hydrazine groups is 1. The van der Waals surface area contributed by atoms with Gasteiger partial charge in [0.1, 0.15) is 0 Å². The topological polar surface area (TPSA) is 173 Å². The van der Waals surface area contributed by atoms with Crippen LogP contribution in [-0.2, 0) is 6.54 Å². The van der Waals surface area contributed by atoms with Gasteiger partial charge in [-0.15, -0.1) is 0 Å². The van der Waals surface area contributed by atoms with Crippen LogP contribution in [0.1, 0.15) is 5.56 Å². The Labute approximate surface area is 177 Å². The maximum Gasteiger partial charge on any atom is 0.214 e. The van der Waals surface area contributed by atoms with E-state index >= 15 is 0 Å². The van der Waals surface area contributed by atoms with Crippen LogP contribution in [-0.4, -0.2) is 23.8 Å². The van der Waals surface area contributed by atoms with Gasteiger partial charge >= 0.3 is 0 Å². The van der Waals surface area contributed by atoms with Crippen LogP contribution in [0, 0.1) is 21.6 Å². The Morgan fingerprint density at radius 2 is 1.28 bits per heavy atom. The lowest BCUT2D eigenvalue weighted by atomic mass is 10.2. The van der Waals surface area contributed by atoms with Crippen LogP contribution in [0.2, 0.25) is 10.0 Å². The molecule has 12 heteroatoms. The lowest BCUT2D eigenvalue weighted by Gasteiger charge is -2.26. The Morgan fingerprint density at radius 1 is 0.793 bits per heavy atom. The van der Waals surface area contributed by atoms with Crippen molar-refractivity contribution in [3.8, 4) is 0 Å². The number of hydrogen-bond donors (Lipinski definition) is 9. The molecule has 152 valence electrons. The molecule has 2 aromatic carbocycles. The third-order valence-electron chi connectivity index (χ3n) is 3.48. The van der Waals surface area contributed by atoms with Gasteiger partial charge < -0.3 is 10.6 Å². The van der Waals surface area contributed by atoms with Gasteiger partial charge in [0.2, 0.25) is 17.9 Å². The summed E-state index contributed by atoms with van der Waals surface area (Å²) in [5.41, 5.74) is 11.4. The monoisotopic (exact) mass is 434 g/mol. The Kier molecular flexibility index (Phi) is 7.63. The fourth-order valence-corrected chi connectivity index (χ4v) is 2.45. The fraction of sp³-hybridized carbons (Fsp3) is 0.0588. The van der Waals surface area contributed by atoms with Gasteiger partial charge in [-0.1, -0.05) is 35.3 Å². The molecule has 0 aliphatic rings. The van der Waals surface area contributed by atoms with Crippen molar-refractivity contribution in [2.45, 2.75) is 6.54 Å². The molecule has 0 atom stereocenters. The second kappa shape index (κ2) is 10.2. The summed E-state index contributed by atoms with van der Waals surface area (Å²) >= 11 is 11.9. The number of hydrogen-bond acceptors (Lipinski definition) is 4. The van der Waals surface area contributed by atoms with E-state index in [-0.39, 0.29) is 17.9 Å². The van der Waals surface area contributed by atoms with Gasteiger partial charge in [0.25, 0.3) is 0 Å². The molecule has 0 heterocycles. The number of anilines is 1. The predicted octanol–water partition coefficient (Wildman–Crippen LogP) is 1.97. The van der Waals surface area contributed by atoms with E-state index in [0.29, 0.717) is 22.3 Å². The Bertz CT molecular complexity index is 895. The van der Waals surface area contributed by atoms with Crippen LogP contribution in [0.4, 0.5) is 5.69 Å². The van der Waals surface area contributed by atoms with Gasteiger partial charge in [0, 0.05) is 15.7 Å². The molecule has 0 aromatic heterocycles. The van der Waals surface area contributed by atoms with Crippen molar-refractivity contribution in [3.05, 3.63) is 64.1 Å². The summed E-state index contributed by atoms with van der Waals surface area (Å²) < 4.78 is 0. The summed E-state index contributed by atoms with van der Waals surface area (Å²) in [5.74, 6) is -1.13. The molecule has 10 N–H and O–H groups in total. The second-order valence-electron chi connectivity index (χ2n) is 5.70. The van der Waals surface area contributed by atoms with Crippen molar-refractivity contribution in [2.75, 3.05) is 4.90 Å². The molecule has 0 aliphatic heterocycles. The van der Waals surface area contributed by atoms with Crippen LogP contribution in [0.15, 0.2) is 48.5 Å². The first-order valence-corrected chi connectivity index (χ1v) is 8.93. The maximum absolute atomic E-state index is 8.38. The average Bonchev–Trinajstić information content (AvgIpc) is 2.66. The molecule has 0 bridgehead atoms. The highest BCUT2D eigenvalue weighted by molar-refractivity contribution is 6.30. The highest BCUT2D eigenvalue weighted by atomic mass is 35.5. The highest BCUT2D eigenvalue weighted by Gasteiger charge is 2.15. The molecule has 0 saturated heterocycles. The third-order valence-corrected chi connectivity index (χ3v) is 3.98. The zero-order valence-corrected chi connectivity index (χ0v) is 16.6. The minimum atomic E-state index is -0.423. The number of nitrogens with zero attached hydrogens (tertiary/aromatic N) is 1. The molecule has 0 unspecified atom stereocenters. The van der Waals surface area contributed by atoms with Crippen molar-refractivity contribution in [3.63, 3.8) is 0 Å². The summed E-state index contributed by atoms with van der Waals surface area (Å²) in [4.78, 5) is 1.63. The van der Waals surface area contributed by atoms with Crippen molar-refractivity contribution >= 4 is 52.7 Å². The van der Waals surface area contributed by atoms with E-state index in [9.17, 15) is 0 Å². The van der Waals surface area contributed by atoms with E-state index in [2.05, 4.69) is 21.5 Å². The molecule has 10 nitrogen and oxygen atoms in total. The van der Waals surface area contributed by atoms with E-state index in [1.165, 1.54) is 0 Å². The van der Waals surface area contributed by atoms with Gasteiger partial charge in [-0.25, -0.2) is 0 Å². The average molecular weight is 435 g/mol. The van der Waals surface area contributed by atoms with Crippen LogP contribution >= 0.6 is 23.2 Å². The molecule has 0 saturated carbocycles. The number of nitrogens with one attached hydrogen (secondary N) is 8. The lowest BCUT2D eigenvalue weighted by molar-refractivity contribution is 0.801. The van der Waals surface area contributed by atoms with Gasteiger partial charge in [-0.05, 0) is 42.0 Å². The Morgan fingerprint density at radius 3 is 1.79 bits per heavy atom. The van der Waals surface area contributed by atoms with Crippen LogP contribution in [0.3, 0.4) is 0 Å². The zero-order valence-electron chi connectivity index (χ0n) is 15.1. The highest BCUT2D eigenvalue weighted by Crippen LogP contribution is 2.21. The standard InChI is InChI=1S/C17H20Cl2N10/c18-11-3-1-10(2-4-11)9-29(13-7-5-12(19)6-8-13)17(24)26-16(23)28-27-15(22)25-14(20)21/h1-8H,9H2,(H4,23,24,26,28)(H6,20,21,22,25,27). The summed E-state index contributed by atoms with van der Waals surface area (Å²) in [6.45, 7) is 0.340. The molecule has 2 aromatic rings. The van der Waals surface area contributed by atoms with Crippen LogP contribution < -0.4 is 32.1 Å². The molecule has 0 fully saturated rings. The zero-order chi connectivity index (χ0) is 21.4. The number of nitrogens with two attached hydrogens (primary N) is 1. The van der Waals surface area contributed by atoms with Gasteiger partial charge in [-0.2, -0.15) is 0 Å². The summed E-state index contributed by atoms with van der Waals surface area (Å²) in [5, 5.41) is 36.8. The van der Waals surface area contributed by atoms with Gasteiger partial charge in [-0.3, -0.25) is 43.1 Å². The summed E-state index contributed by atoms with van der Waals surface area (Å²) in [7, 11) is 0. The smallest absolute Gasteiger partial charge is 0.214 e. The molecule has 0 radical (unpaired) electrons. The number of benzene rings is 2. The van der Waals surface area contributed by atoms with E-state index < -0.39 is 5.96 Å². The third kappa shape index (κ3) is 7.20. The first-order chi connectivity index (χ1) is 13.7. The maximum atomic E-state index is 8.38. The lowest BCUT2D eigenvalue weighted by Crippen LogP contribution is -2.56. The largest absolute Gasteiger partial charge is 0.370 e. The van der Waals surface area contributed by atoms with Crippen molar-refractivity contribution in [2.24, 2.45) is 5.73 Å². The second-order valence-corrected chi connectivity index (χ2v) is 6.57. The van der Waals surface area contributed by atoms with Crippen molar-refractivity contribution < 1.29 is 0 Å². The number of halogens is 2. The molecular formula is C17H20Cl2N10. The molecule has 0 aliphatic carbocycles. The van der Waals surface area contributed by atoms with E-state index in [1.807, 2.05) is 12.1 Å². The van der Waals surface area contributed by atoms with Crippen molar-refractivity contribution in [1.29, 1.82) is 21.6 Å².